The fourth-order valence-electron chi connectivity index (χ4n) is 4.12. The third-order valence-corrected chi connectivity index (χ3v) is 5.91. The molecular formula is C27H24ClNO6. The molecule has 1 amide bonds. The van der Waals surface area contributed by atoms with Crippen LogP contribution in [-0.4, -0.2) is 37.6 Å². The molecule has 1 N–H and O–H groups in total. The Hall–Kier alpha value is -3.97. The van der Waals surface area contributed by atoms with Crippen molar-refractivity contribution in [2.45, 2.75) is 13.0 Å². The lowest BCUT2D eigenvalue weighted by Gasteiger charge is -2.26. The van der Waals surface area contributed by atoms with Gasteiger partial charge >= 0.3 is 0 Å². The van der Waals surface area contributed by atoms with Gasteiger partial charge in [-0.2, -0.15) is 0 Å². The number of carbonyl (C=O) groups excluding carboxylic acids is 2. The summed E-state index contributed by atoms with van der Waals surface area (Å²) in [5, 5.41) is 11.6. The molecule has 1 saturated heterocycles. The second-order valence-corrected chi connectivity index (χ2v) is 8.16. The molecule has 3 aromatic carbocycles. The van der Waals surface area contributed by atoms with E-state index in [1.165, 1.54) is 25.2 Å². The van der Waals surface area contributed by atoms with Crippen molar-refractivity contribution in [3.8, 4) is 17.2 Å². The normalized spacial score (nSPS) is 16.9. The highest BCUT2D eigenvalue weighted by Crippen LogP contribution is 2.44. The zero-order valence-corrected chi connectivity index (χ0v) is 20.2. The standard InChI is InChI=1S/C27H24ClNO6/c1-4-35-20-10-6-9-19(15-20)29-24(16-11-12-21(33-2)22(14-16)34-3)23(26(31)27(29)32)25(30)17-7-5-8-18(28)13-17/h5-15,24,30H,4H2,1-3H3/b25-23-. The number of hydrogen-bond donors (Lipinski definition) is 1. The smallest absolute Gasteiger partial charge is 0.300 e. The molecule has 7 nitrogen and oxygen atoms in total. The van der Waals surface area contributed by atoms with Crippen molar-refractivity contribution in [1.29, 1.82) is 0 Å². The molecule has 1 unspecified atom stereocenters. The van der Waals surface area contributed by atoms with E-state index in [1.54, 1.807) is 60.7 Å². The third kappa shape index (κ3) is 4.55. The third-order valence-electron chi connectivity index (χ3n) is 5.67. The Morgan fingerprint density at radius 1 is 0.971 bits per heavy atom. The maximum Gasteiger partial charge on any atom is 0.300 e. The minimum absolute atomic E-state index is 0.0636. The summed E-state index contributed by atoms with van der Waals surface area (Å²) >= 11 is 6.12. The number of aliphatic hydroxyl groups excluding tert-OH is 1. The van der Waals surface area contributed by atoms with Gasteiger partial charge in [0.15, 0.2) is 11.5 Å². The lowest BCUT2D eigenvalue weighted by atomic mass is 9.94. The van der Waals surface area contributed by atoms with E-state index in [9.17, 15) is 14.7 Å². The van der Waals surface area contributed by atoms with E-state index in [4.69, 9.17) is 25.8 Å². The van der Waals surface area contributed by atoms with Gasteiger partial charge in [0.2, 0.25) is 0 Å². The van der Waals surface area contributed by atoms with E-state index in [2.05, 4.69) is 0 Å². The van der Waals surface area contributed by atoms with Crippen LogP contribution in [0.25, 0.3) is 5.76 Å². The molecule has 0 aromatic heterocycles. The second kappa shape index (κ2) is 10.1. The number of anilines is 1. The Bertz CT molecular complexity index is 1320. The molecular weight excluding hydrogens is 470 g/mol. The maximum absolute atomic E-state index is 13.4. The fourth-order valence-corrected chi connectivity index (χ4v) is 4.31. The van der Waals surface area contributed by atoms with Crippen LogP contribution in [-0.2, 0) is 9.59 Å². The summed E-state index contributed by atoms with van der Waals surface area (Å²) in [7, 11) is 3.01. The van der Waals surface area contributed by atoms with Gasteiger partial charge in [-0.25, -0.2) is 0 Å². The van der Waals surface area contributed by atoms with E-state index in [0.717, 1.165) is 0 Å². The molecule has 1 aliphatic heterocycles. The molecule has 8 heteroatoms. The molecule has 0 spiro atoms. The minimum atomic E-state index is -0.939. The molecule has 0 aliphatic carbocycles. The molecule has 0 saturated carbocycles. The van der Waals surface area contributed by atoms with Gasteiger partial charge in [0.1, 0.15) is 11.5 Å². The first-order valence-electron chi connectivity index (χ1n) is 10.9. The zero-order chi connectivity index (χ0) is 25.1. The van der Waals surface area contributed by atoms with Crippen LogP contribution in [0.5, 0.6) is 17.2 Å². The number of rotatable bonds is 7. The first kappa shape index (κ1) is 24.2. The highest BCUT2D eigenvalue weighted by Gasteiger charge is 2.47. The molecule has 0 bridgehead atoms. The Balaban J connectivity index is 1.96. The summed E-state index contributed by atoms with van der Waals surface area (Å²) in [5.41, 5.74) is 1.26. The van der Waals surface area contributed by atoms with Crippen LogP contribution in [0.15, 0.2) is 72.3 Å². The van der Waals surface area contributed by atoms with Gasteiger partial charge in [-0.15, -0.1) is 0 Å². The van der Waals surface area contributed by atoms with Crippen molar-refractivity contribution >= 4 is 34.7 Å². The number of halogens is 1. The summed E-state index contributed by atoms with van der Waals surface area (Å²) in [6.45, 7) is 2.30. The van der Waals surface area contributed by atoms with Gasteiger partial charge in [-0.1, -0.05) is 35.9 Å². The zero-order valence-electron chi connectivity index (χ0n) is 19.4. The number of hydrogen-bond acceptors (Lipinski definition) is 6. The SMILES string of the molecule is CCOc1cccc(N2C(=O)C(=O)/C(=C(\O)c3cccc(Cl)c3)C2c2ccc(OC)c(OC)c2)c1. The number of nitrogens with zero attached hydrogens (tertiary/aromatic N) is 1. The van der Waals surface area contributed by atoms with E-state index in [1.807, 2.05) is 6.92 Å². The molecule has 0 radical (unpaired) electrons. The average molecular weight is 494 g/mol. The molecule has 4 rings (SSSR count). The summed E-state index contributed by atoms with van der Waals surface area (Å²) in [4.78, 5) is 28.0. The van der Waals surface area contributed by atoms with Gasteiger partial charge in [-0.05, 0) is 48.9 Å². The summed E-state index contributed by atoms with van der Waals surface area (Å²) < 4.78 is 16.4. The molecule has 1 heterocycles. The summed E-state index contributed by atoms with van der Waals surface area (Å²) in [6, 6.07) is 17.5. The Morgan fingerprint density at radius 2 is 1.71 bits per heavy atom. The van der Waals surface area contributed by atoms with Crippen LogP contribution in [0.1, 0.15) is 24.1 Å². The van der Waals surface area contributed by atoms with E-state index >= 15 is 0 Å². The monoisotopic (exact) mass is 493 g/mol. The minimum Gasteiger partial charge on any atom is -0.507 e. The quantitative estimate of drug-likeness (QED) is 0.270. The Kier molecular flexibility index (Phi) is 6.98. The molecule has 3 aromatic rings. The van der Waals surface area contributed by atoms with Crippen molar-refractivity contribution in [1.82, 2.24) is 0 Å². The van der Waals surface area contributed by atoms with Crippen LogP contribution in [0.4, 0.5) is 5.69 Å². The molecule has 180 valence electrons. The highest BCUT2D eigenvalue weighted by molar-refractivity contribution is 6.51. The van der Waals surface area contributed by atoms with E-state index in [0.29, 0.717) is 45.7 Å². The number of aliphatic hydroxyl groups is 1. The predicted octanol–water partition coefficient (Wildman–Crippen LogP) is 5.38. The van der Waals surface area contributed by atoms with Crippen LogP contribution < -0.4 is 19.1 Å². The molecule has 35 heavy (non-hydrogen) atoms. The maximum atomic E-state index is 13.4. The molecule has 1 fully saturated rings. The van der Waals surface area contributed by atoms with Crippen molar-refractivity contribution in [3.63, 3.8) is 0 Å². The van der Waals surface area contributed by atoms with Gasteiger partial charge in [-0.3, -0.25) is 14.5 Å². The largest absolute Gasteiger partial charge is 0.507 e. The van der Waals surface area contributed by atoms with Gasteiger partial charge in [0, 0.05) is 22.3 Å². The van der Waals surface area contributed by atoms with Crippen molar-refractivity contribution in [2.24, 2.45) is 0 Å². The van der Waals surface area contributed by atoms with Gasteiger partial charge in [0.25, 0.3) is 11.7 Å². The van der Waals surface area contributed by atoms with Gasteiger partial charge in [0.05, 0.1) is 32.4 Å². The Labute approximate surface area is 208 Å². The number of carbonyl (C=O) groups is 2. The highest BCUT2D eigenvalue weighted by atomic mass is 35.5. The summed E-state index contributed by atoms with van der Waals surface area (Å²) in [6.07, 6.45) is 0. The molecule has 1 aliphatic rings. The van der Waals surface area contributed by atoms with Crippen molar-refractivity contribution < 1.29 is 28.9 Å². The predicted molar refractivity (Wildman–Crippen MR) is 133 cm³/mol. The van der Waals surface area contributed by atoms with Gasteiger partial charge < -0.3 is 19.3 Å². The van der Waals surface area contributed by atoms with E-state index < -0.39 is 17.7 Å². The number of methoxy groups -OCH3 is 2. The molecule has 1 atom stereocenters. The number of amides is 1. The Morgan fingerprint density at radius 3 is 2.40 bits per heavy atom. The average Bonchev–Trinajstić information content (AvgIpc) is 3.13. The van der Waals surface area contributed by atoms with Crippen LogP contribution in [0.2, 0.25) is 5.02 Å². The first-order valence-corrected chi connectivity index (χ1v) is 11.3. The lowest BCUT2D eigenvalue weighted by molar-refractivity contribution is -0.132. The number of benzene rings is 3. The van der Waals surface area contributed by atoms with Crippen LogP contribution in [0, 0.1) is 0 Å². The number of Topliss-reactive ketones (excluding diaryl/α,β-unsaturated/α-hetero) is 1. The number of ether oxygens (including phenoxy) is 3. The lowest BCUT2D eigenvalue weighted by Crippen LogP contribution is -2.29. The van der Waals surface area contributed by atoms with Crippen molar-refractivity contribution in [3.05, 3.63) is 88.5 Å². The number of ketones is 1. The van der Waals surface area contributed by atoms with Crippen LogP contribution in [0.3, 0.4) is 0 Å². The topological polar surface area (TPSA) is 85.3 Å². The van der Waals surface area contributed by atoms with Crippen LogP contribution >= 0.6 is 11.6 Å². The first-order chi connectivity index (χ1) is 16.9. The van der Waals surface area contributed by atoms with Crippen molar-refractivity contribution in [2.75, 3.05) is 25.7 Å². The summed E-state index contributed by atoms with van der Waals surface area (Å²) in [5.74, 6) is -0.462. The second-order valence-electron chi connectivity index (χ2n) is 7.72. The fraction of sp³-hybridized carbons (Fsp3) is 0.185. The van der Waals surface area contributed by atoms with E-state index in [-0.39, 0.29) is 11.3 Å².